The van der Waals surface area contributed by atoms with Gasteiger partial charge in [-0.15, -0.1) is 0 Å². The number of likely N-dealkylation sites (tertiary alicyclic amines) is 1. The molecular formula is C26H33N5. The number of hydrogen-bond acceptors (Lipinski definition) is 5. The van der Waals surface area contributed by atoms with Gasteiger partial charge in [0.15, 0.2) is 0 Å². The van der Waals surface area contributed by atoms with Gasteiger partial charge in [-0.2, -0.15) is 0 Å². The van der Waals surface area contributed by atoms with E-state index < -0.39 is 0 Å². The lowest BCUT2D eigenvalue weighted by atomic mass is 9.94. The Bertz CT molecular complexity index is 983. The Morgan fingerprint density at radius 2 is 1.65 bits per heavy atom. The first-order chi connectivity index (χ1) is 15.3. The van der Waals surface area contributed by atoms with Gasteiger partial charge in [0.2, 0.25) is 0 Å². The third-order valence-corrected chi connectivity index (χ3v) is 7.03. The topological polar surface area (TPSA) is 35.5 Å². The summed E-state index contributed by atoms with van der Waals surface area (Å²) in [4.78, 5) is 17.2. The van der Waals surface area contributed by atoms with Crippen molar-refractivity contribution in [2.75, 3.05) is 50.7 Å². The number of benzene rings is 2. The Labute approximate surface area is 185 Å². The molecule has 162 valence electrons. The first-order valence-electron chi connectivity index (χ1n) is 11.7. The third kappa shape index (κ3) is 4.73. The molecule has 2 aromatic carbocycles. The zero-order valence-electron chi connectivity index (χ0n) is 18.5. The number of piperidine rings is 1. The first-order valence-corrected chi connectivity index (χ1v) is 11.7. The lowest BCUT2D eigenvalue weighted by molar-refractivity contribution is 0.102. The van der Waals surface area contributed by atoms with E-state index in [-0.39, 0.29) is 0 Å². The van der Waals surface area contributed by atoms with Gasteiger partial charge < -0.3 is 4.90 Å². The Morgan fingerprint density at radius 1 is 0.903 bits per heavy atom. The van der Waals surface area contributed by atoms with Crippen LogP contribution in [0.4, 0.5) is 5.82 Å². The molecule has 2 atom stereocenters. The van der Waals surface area contributed by atoms with Crippen LogP contribution in [0.1, 0.15) is 31.4 Å². The van der Waals surface area contributed by atoms with Gasteiger partial charge in [0.05, 0.1) is 17.2 Å². The third-order valence-electron chi connectivity index (χ3n) is 7.03. The molecule has 2 fully saturated rings. The second-order valence-corrected chi connectivity index (χ2v) is 9.09. The minimum atomic E-state index is 0.507. The standard InChI is InChI=1S/C26H33N5/c1-21(23-9-3-2-4-10-23)31-13-7-8-22(20-31)19-29-14-16-30(17-15-29)26-18-27-24-11-5-6-12-25(24)28-26/h2-6,9-12,18,21-22H,7-8,13-17,19-20H2,1H3/t21-,22-/m1/s1. The molecule has 0 radical (unpaired) electrons. The molecule has 1 aromatic heterocycles. The van der Waals surface area contributed by atoms with Crippen molar-refractivity contribution in [3.63, 3.8) is 0 Å². The van der Waals surface area contributed by atoms with Gasteiger partial charge in [0.1, 0.15) is 5.82 Å². The molecule has 2 aliphatic rings. The van der Waals surface area contributed by atoms with E-state index in [4.69, 9.17) is 4.98 Å². The Kier molecular flexibility index (Phi) is 6.14. The molecule has 3 heterocycles. The zero-order valence-corrected chi connectivity index (χ0v) is 18.5. The fourth-order valence-corrected chi connectivity index (χ4v) is 5.16. The Morgan fingerprint density at radius 3 is 2.45 bits per heavy atom. The molecule has 0 bridgehead atoms. The molecule has 2 aliphatic heterocycles. The Hall–Kier alpha value is -2.50. The normalized spacial score (nSPS) is 22.0. The predicted octanol–water partition coefficient (Wildman–Crippen LogP) is 4.23. The summed E-state index contributed by atoms with van der Waals surface area (Å²) in [6.07, 6.45) is 4.60. The van der Waals surface area contributed by atoms with Crippen LogP contribution in [0.15, 0.2) is 60.8 Å². The zero-order chi connectivity index (χ0) is 21.0. The van der Waals surface area contributed by atoms with E-state index in [0.717, 1.165) is 48.9 Å². The molecule has 5 rings (SSSR count). The fourth-order valence-electron chi connectivity index (χ4n) is 5.16. The average Bonchev–Trinajstić information content (AvgIpc) is 2.84. The summed E-state index contributed by atoms with van der Waals surface area (Å²) < 4.78 is 0. The summed E-state index contributed by atoms with van der Waals surface area (Å²) in [5, 5.41) is 0. The van der Waals surface area contributed by atoms with Crippen molar-refractivity contribution in [3.05, 3.63) is 66.4 Å². The van der Waals surface area contributed by atoms with Crippen LogP contribution in [0.5, 0.6) is 0 Å². The minimum absolute atomic E-state index is 0.507. The molecule has 0 unspecified atom stereocenters. The maximum Gasteiger partial charge on any atom is 0.147 e. The molecule has 5 heteroatoms. The number of nitrogens with zero attached hydrogens (tertiary/aromatic N) is 5. The van der Waals surface area contributed by atoms with Crippen LogP contribution in [0.3, 0.4) is 0 Å². The summed E-state index contributed by atoms with van der Waals surface area (Å²) in [6.45, 7) is 10.3. The number of aromatic nitrogens is 2. The highest BCUT2D eigenvalue weighted by Crippen LogP contribution is 2.27. The molecule has 0 aliphatic carbocycles. The second-order valence-electron chi connectivity index (χ2n) is 9.09. The van der Waals surface area contributed by atoms with Crippen LogP contribution < -0.4 is 4.90 Å². The summed E-state index contributed by atoms with van der Waals surface area (Å²) in [5.74, 6) is 1.78. The van der Waals surface area contributed by atoms with Gasteiger partial charge in [-0.3, -0.25) is 14.8 Å². The molecule has 0 N–H and O–H groups in total. The van der Waals surface area contributed by atoms with Crippen LogP contribution in [0.25, 0.3) is 11.0 Å². The summed E-state index contributed by atoms with van der Waals surface area (Å²) >= 11 is 0. The Balaban J connectivity index is 1.15. The number of fused-ring (bicyclic) bond motifs is 1. The van der Waals surface area contributed by atoms with Crippen molar-refractivity contribution in [1.29, 1.82) is 0 Å². The van der Waals surface area contributed by atoms with Crippen molar-refractivity contribution in [3.8, 4) is 0 Å². The highest BCUT2D eigenvalue weighted by Gasteiger charge is 2.27. The quantitative estimate of drug-likeness (QED) is 0.623. The van der Waals surface area contributed by atoms with Crippen LogP contribution >= 0.6 is 0 Å². The fraction of sp³-hybridized carbons (Fsp3) is 0.462. The molecule has 0 amide bonds. The van der Waals surface area contributed by atoms with Crippen LogP contribution in [0, 0.1) is 5.92 Å². The monoisotopic (exact) mass is 415 g/mol. The van der Waals surface area contributed by atoms with Gasteiger partial charge >= 0.3 is 0 Å². The largest absolute Gasteiger partial charge is 0.353 e. The van der Waals surface area contributed by atoms with E-state index >= 15 is 0 Å². The van der Waals surface area contributed by atoms with Crippen molar-refractivity contribution in [1.82, 2.24) is 19.8 Å². The highest BCUT2D eigenvalue weighted by molar-refractivity contribution is 5.75. The first kappa shape index (κ1) is 20.4. The van der Waals surface area contributed by atoms with Crippen LogP contribution in [0.2, 0.25) is 0 Å². The summed E-state index contributed by atoms with van der Waals surface area (Å²) in [5.41, 5.74) is 3.39. The van der Waals surface area contributed by atoms with Crippen molar-refractivity contribution >= 4 is 16.9 Å². The van der Waals surface area contributed by atoms with E-state index in [1.807, 2.05) is 30.5 Å². The minimum Gasteiger partial charge on any atom is -0.353 e. The van der Waals surface area contributed by atoms with E-state index in [1.165, 1.54) is 38.0 Å². The molecule has 31 heavy (non-hydrogen) atoms. The van der Waals surface area contributed by atoms with Crippen molar-refractivity contribution in [2.45, 2.75) is 25.8 Å². The number of piperazine rings is 1. The highest BCUT2D eigenvalue weighted by atomic mass is 15.3. The summed E-state index contributed by atoms with van der Waals surface area (Å²) in [6, 6.07) is 19.6. The van der Waals surface area contributed by atoms with E-state index in [0.29, 0.717) is 6.04 Å². The number of anilines is 1. The molecule has 0 spiro atoms. The van der Waals surface area contributed by atoms with E-state index in [2.05, 4.69) is 56.9 Å². The number of rotatable bonds is 5. The van der Waals surface area contributed by atoms with Crippen molar-refractivity contribution in [2.24, 2.45) is 5.92 Å². The number of hydrogen-bond donors (Lipinski definition) is 0. The van der Waals surface area contributed by atoms with Crippen LogP contribution in [-0.2, 0) is 0 Å². The molecule has 5 nitrogen and oxygen atoms in total. The predicted molar refractivity (Wildman–Crippen MR) is 127 cm³/mol. The maximum atomic E-state index is 4.84. The summed E-state index contributed by atoms with van der Waals surface area (Å²) in [7, 11) is 0. The average molecular weight is 416 g/mol. The van der Waals surface area contributed by atoms with E-state index in [9.17, 15) is 0 Å². The van der Waals surface area contributed by atoms with Crippen LogP contribution in [-0.4, -0.2) is 65.6 Å². The molecule has 2 saturated heterocycles. The number of para-hydroxylation sites is 2. The lowest BCUT2D eigenvalue weighted by Gasteiger charge is -2.41. The molecule has 0 saturated carbocycles. The van der Waals surface area contributed by atoms with Gasteiger partial charge in [0, 0.05) is 45.3 Å². The smallest absolute Gasteiger partial charge is 0.147 e. The van der Waals surface area contributed by atoms with Gasteiger partial charge in [-0.05, 0) is 49.9 Å². The SMILES string of the molecule is C[C@H](c1ccccc1)N1CCC[C@H](CN2CCN(c3cnc4ccccc4n3)CC2)C1. The van der Waals surface area contributed by atoms with Crippen molar-refractivity contribution < 1.29 is 0 Å². The maximum absolute atomic E-state index is 4.84. The molecule has 3 aromatic rings. The second kappa shape index (κ2) is 9.33. The lowest BCUT2D eigenvalue weighted by Crippen LogP contribution is -2.50. The molecular weight excluding hydrogens is 382 g/mol. The van der Waals surface area contributed by atoms with Gasteiger partial charge in [-0.1, -0.05) is 42.5 Å². The van der Waals surface area contributed by atoms with E-state index in [1.54, 1.807) is 0 Å². The van der Waals surface area contributed by atoms with Gasteiger partial charge in [0.25, 0.3) is 0 Å². The van der Waals surface area contributed by atoms with Gasteiger partial charge in [-0.25, -0.2) is 4.98 Å².